The molecule has 2 aliphatic heterocycles. The van der Waals surface area contributed by atoms with E-state index in [-0.39, 0.29) is 23.4 Å². The predicted molar refractivity (Wildman–Crippen MR) is 85.8 cm³/mol. The summed E-state index contributed by atoms with van der Waals surface area (Å²) in [6, 6.07) is 3.24. The van der Waals surface area contributed by atoms with Crippen LogP contribution in [0.25, 0.3) is 0 Å². The maximum atomic E-state index is 11.5. The first kappa shape index (κ1) is 15.8. The van der Waals surface area contributed by atoms with Crippen LogP contribution in [0.15, 0.2) is 24.8 Å². The summed E-state index contributed by atoms with van der Waals surface area (Å²) in [4.78, 5) is 13.5. The number of hydrogen-bond acceptors (Lipinski definition) is 6. The number of ether oxygens (including phenoxy) is 2. The zero-order valence-electron chi connectivity index (χ0n) is 13.0. The molecule has 1 saturated heterocycles. The molecule has 0 bridgehead atoms. The van der Waals surface area contributed by atoms with Gasteiger partial charge in [-0.3, -0.25) is 15.0 Å². The normalized spacial score (nSPS) is 18.6. The van der Waals surface area contributed by atoms with Crippen LogP contribution in [0.3, 0.4) is 0 Å². The van der Waals surface area contributed by atoms with Crippen molar-refractivity contribution in [3.05, 3.63) is 40.5 Å². The summed E-state index contributed by atoms with van der Waals surface area (Å²) in [7, 11) is 0. The van der Waals surface area contributed by atoms with Crippen LogP contribution >= 0.6 is 0 Å². The van der Waals surface area contributed by atoms with Gasteiger partial charge in [-0.15, -0.1) is 6.58 Å². The van der Waals surface area contributed by atoms with Crippen molar-refractivity contribution in [1.29, 1.82) is 0 Å². The Morgan fingerprint density at radius 3 is 2.70 bits per heavy atom. The molecule has 0 radical (unpaired) electrons. The summed E-state index contributed by atoms with van der Waals surface area (Å²) in [6.07, 6.45) is 3.46. The van der Waals surface area contributed by atoms with E-state index in [1.54, 1.807) is 6.07 Å². The molecule has 1 fully saturated rings. The lowest BCUT2D eigenvalue weighted by Crippen LogP contribution is -2.45. The first-order chi connectivity index (χ1) is 11.2. The van der Waals surface area contributed by atoms with Crippen LogP contribution in [0.5, 0.6) is 11.5 Å². The fraction of sp³-hybridized carbons (Fsp3) is 0.500. The molecular weight excluding hydrogens is 298 g/mol. The van der Waals surface area contributed by atoms with Crippen molar-refractivity contribution in [2.75, 3.05) is 33.0 Å². The number of benzene rings is 1. The summed E-state index contributed by atoms with van der Waals surface area (Å²) in [5.74, 6) is 1.03. The summed E-state index contributed by atoms with van der Waals surface area (Å²) in [6.45, 7) is 7.41. The number of allylic oxidation sites excluding steroid dienone is 1. The van der Waals surface area contributed by atoms with Gasteiger partial charge in [0.1, 0.15) is 0 Å². The minimum Gasteiger partial charge on any atom is -0.454 e. The Morgan fingerprint density at radius 2 is 2.04 bits per heavy atom. The third kappa shape index (κ3) is 3.30. The molecule has 23 heavy (non-hydrogen) atoms. The molecule has 124 valence electrons. The first-order valence-corrected chi connectivity index (χ1v) is 7.84. The van der Waals surface area contributed by atoms with Crippen molar-refractivity contribution < 1.29 is 14.4 Å². The monoisotopic (exact) mass is 319 g/mol. The van der Waals surface area contributed by atoms with E-state index in [4.69, 9.17) is 9.47 Å². The van der Waals surface area contributed by atoms with Gasteiger partial charge in [0.05, 0.1) is 16.6 Å². The van der Waals surface area contributed by atoms with Crippen LogP contribution in [-0.2, 0) is 0 Å². The Kier molecular flexibility index (Phi) is 4.78. The van der Waals surface area contributed by atoms with Crippen LogP contribution in [0, 0.1) is 10.1 Å². The molecule has 0 aliphatic carbocycles. The van der Waals surface area contributed by atoms with E-state index in [2.05, 4.69) is 16.8 Å². The molecule has 0 aromatic heterocycles. The Labute approximate surface area is 135 Å². The average Bonchev–Trinajstić information content (AvgIpc) is 3.02. The maximum absolute atomic E-state index is 11.5. The van der Waals surface area contributed by atoms with Gasteiger partial charge in [0.2, 0.25) is 6.79 Å². The standard InChI is InChI=1S/C16H21N3O4/c1-2-3-4-13(18-7-5-17-6-8-18)12-9-15-16(23-11-22-15)10-14(12)19(20)21/h2,9-10,13,17H,1,3-8,11H2/t13-/m0/s1. The fourth-order valence-electron chi connectivity index (χ4n) is 3.18. The van der Waals surface area contributed by atoms with Crippen molar-refractivity contribution in [3.63, 3.8) is 0 Å². The Morgan fingerprint density at radius 1 is 1.35 bits per heavy atom. The second-order valence-electron chi connectivity index (χ2n) is 5.69. The number of piperazine rings is 1. The zero-order chi connectivity index (χ0) is 16.2. The summed E-state index contributed by atoms with van der Waals surface area (Å²) >= 11 is 0. The number of rotatable bonds is 6. The third-order valence-corrected chi connectivity index (χ3v) is 4.31. The van der Waals surface area contributed by atoms with Crippen molar-refractivity contribution in [1.82, 2.24) is 10.2 Å². The van der Waals surface area contributed by atoms with Gasteiger partial charge in [-0.25, -0.2) is 0 Å². The molecule has 0 unspecified atom stereocenters. The summed E-state index contributed by atoms with van der Waals surface area (Å²) < 4.78 is 10.7. The van der Waals surface area contributed by atoms with E-state index in [1.165, 1.54) is 6.07 Å². The van der Waals surface area contributed by atoms with Gasteiger partial charge in [-0.2, -0.15) is 0 Å². The highest BCUT2D eigenvalue weighted by molar-refractivity contribution is 5.56. The SMILES string of the molecule is C=CCC[C@@H](c1cc2c(cc1[N+](=O)[O-])OCO2)N1CCNCC1. The molecule has 1 atom stereocenters. The fourth-order valence-corrected chi connectivity index (χ4v) is 3.18. The lowest BCUT2D eigenvalue weighted by atomic mass is 9.97. The van der Waals surface area contributed by atoms with Crippen LogP contribution in [0.1, 0.15) is 24.4 Å². The van der Waals surface area contributed by atoms with Gasteiger partial charge in [0.15, 0.2) is 11.5 Å². The number of nitrogens with zero attached hydrogens (tertiary/aromatic N) is 2. The van der Waals surface area contributed by atoms with E-state index in [0.717, 1.165) is 39.0 Å². The number of nitro groups is 1. The minimum atomic E-state index is -0.333. The third-order valence-electron chi connectivity index (χ3n) is 4.31. The van der Waals surface area contributed by atoms with Gasteiger partial charge in [-0.05, 0) is 18.9 Å². The molecule has 2 heterocycles. The van der Waals surface area contributed by atoms with Crippen molar-refractivity contribution in [3.8, 4) is 11.5 Å². The number of nitrogens with one attached hydrogen (secondary N) is 1. The van der Waals surface area contributed by atoms with Gasteiger partial charge >= 0.3 is 0 Å². The number of fused-ring (bicyclic) bond motifs is 1. The Balaban J connectivity index is 1.99. The topological polar surface area (TPSA) is 76.9 Å². The van der Waals surface area contributed by atoms with Crippen molar-refractivity contribution in [2.24, 2.45) is 0 Å². The molecule has 7 nitrogen and oxygen atoms in total. The largest absolute Gasteiger partial charge is 0.454 e. The molecular formula is C16H21N3O4. The molecule has 1 aromatic rings. The van der Waals surface area contributed by atoms with Crippen LogP contribution in [-0.4, -0.2) is 42.8 Å². The van der Waals surface area contributed by atoms with E-state index in [1.807, 2.05) is 6.08 Å². The molecule has 1 N–H and O–H groups in total. The Bertz CT molecular complexity index is 599. The molecule has 0 amide bonds. The highest BCUT2D eigenvalue weighted by Crippen LogP contribution is 2.42. The first-order valence-electron chi connectivity index (χ1n) is 7.84. The van der Waals surface area contributed by atoms with Crippen LogP contribution < -0.4 is 14.8 Å². The number of hydrogen-bond donors (Lipinski definition) is 1. The second kappa shape index (κ2) is 6.97. The Hall–Kier alpha value is -2.12. The number of nitro benzene ring substituents is 1. The molecule has 1 aromatic carbocycles. The molecule has 2 aliphatic rings. The lowest BCUT2D eigenvalue weighted by Gasteiger charge is -2.35. The molecule has 0 saturated carbocycles. The summed E-state index contributed by atoms with van der Waals surface area (Å²) in [5.41, 5.74) is 0.796. The van der Waals surface area contributed by atoms with Crippen LogP contribution in [0.2, 0.25) is 0 Å². The smallest absolute Gasteiger partial charge is 0.278 e. The van der Waals surface area contributed by atoms with E-state index in [9.17, 15) is 10.1 Å². The van der Waals surface area contributed by atoms with Gasteiger partial charge in [0.25, 0.3) is 5.69 Å². The predicted octanol–water partition coefficient (Wildman–Crippen LogP) is 2.24. The molecule has 0 spiro atoms. The molecule has 3 rings (SSSR count). The maximum Gasteiger partial charge on any atom is 0.278 e. The van der Waals surface area contributed by atoms with Crippen molar-refractivity contribution >= 4 is 5.69 Å². The van der Waals surface area contributed by atoms with E-state index in [0.29, 0.717) is 17.1 Å². The van der Waals surface area contributed by atoms with Crippen molar-refractivity contribution in [2.45, 2.75) is 18.9 Å². The van der Waals surface area contributed by atoms with E-state index >= 15 is 0 Å². The quantitative estimate of drug-likeness (QED) is 0.492. The summed E-state index contributed by atoms with van der Waals surface area (Å²) in [5, 5.41) is 14.9. The van der Waals surface area contributed by atoms with Crippen LogP contribution in [0.4, 0.5) is 5.69 Å². The highest BCUT2D eigenvalue weighted by Gasteiger charge is 2.31. The van der Waals surface area contributed by atoms with Gasteiger partial charge in [0, 0.05) is 32.2 Å². The van der Waals surface area contributed by atoms with E-state index < -0.39 is 0 Å². The molecule has 7 heteroatoms. The van der Waals surface area contributed by atoms with Gasteiger partial charge in [-0.1, -0.05) is 6.08 Å². The minimum absolute atomic E-state index is 0.0231. The average molecular weight is 319 g/mol. The lowest BCUT2D eigenvalue weighted by molar-refractivity contribution is -0.386. The zero-order valence-corrected chi connectivity index (χ0v) is 13.0. The highest BCUT2D eigenvalue weighted by atomic mass is 16.7. The second-order valence-corrected chi connectivity index (χ2v) is 5.69. The van der Waals surface area contributed by atoms with Gasteiger partial charge < -0.3 is 14.8 Å².